The Labute approximate surface area is 149 Å². The minimum atomic E-state index is -0.702. The molecule has 5 nitrogen and oxygen atoms in total. The number of carbonyl (C=O) groups excluding carboxylic acids is 2. The summed E-state index contributed by atoms with van der Waals surface area (Å²) in [6.45, 7) is 0.451. The standard InChI is InChI=1S/C20H27N3O2/c21-12-14-23-20(25)18(15-17-9-5-2-6-10-17)19(24)22-13-11-16-7-3-1-4-8-16/h1,3-4,7-8,17-18H,2,5-6,9-11,13-15H2,(H,22,24)(H,23,25). The van der Waals surface area contributed by atoms with Crippen LogP contribution in [0.2, 0.25) is 0 Å². The van der Waals surface area contributed by atoms with Crippen molar-refractivity contribution in [1.82, 2.24) is 10.6 Å². The Hall–Kier alpha value is -2.35. The third-order valence-electron chi connectivity index (χ3n) is 4.82. The molecule has 0 aliphatic heterocycles. The monoisotopic (exact) mass is 341 g/mol. The minimum absolute atomic E-state index is 0.0582. The molecule has 0 saturated heterocycles. The van der Waals surface area contributed by atoms with E-state index < -0.39 is 5.92 Å². The van der Waals surface area contributed by atoms with Crippen molar-refractivity contribution in [1.29, 1.82) is 5.26 Å². The van der Waals surface area contributed by atoms with E-state index in [0.717, 1.165) is 24.8 Å². The van der Waals surface area contributed by atoms with Crippen LogP contribution in [-0.2, 0) is 16.0 Å². The van der Waals surface area contributed by atoms with E-state index in [1.807, 2.05) is 36.4 Å². The van der Waals surface area contributed by atoms with Gasteiger partial charge >= 0.3 is 0 Å². The van der Waals surface area contributed by atoms with Crippen molar-refractivity contribution in [2.45, 2.75) is 44.9 Å². The maximum atomic E-state index is 12.6. The highest BCUT2D eigenvalue weighted by Crippen LogP contribution is 2.29. The molecular weight excluding hydrogens is 314 g/mol. The molecule has 5 heteroatoms. The van der Waals surface area contributed by atoms with Gasteiger partial charge in [0.05, 0.1) is 6.07 Å². The van der Waals surface area contributed by atoms with E-state index in [1.165, 1.54) is 19.3 Å². The molecule has 0 spiro atoms. The van der Waals surface area contributed by atoms with Gasteiger partial charge in [0.25, 0.3) is 0 Å². The molecule has 2 amide bonds. The number of benzene rings is 1. The van der Waals surface area contributed by atoms with Gasteiger partial charge in [0, 0.05) is 6.54 Å². The molecule has 1 fully saturated rings. The maximum absolute atomic E-state index is 12.6. The van der Waals surface area contributed by atoms with E-state index in [2.05, 4.69) is 10.6 Å². The zero-order valence-corrected chi connectivity index (χ0v) is 14.7. The van der Waals surface area contributed by atoms with Gasteiger partial charge in [-0.15, -0.1) is 0 Å². The molecule has 2 rings (SSSR count). The van der Waals surface area contributed by atoms with Crippen LogP contribution in [0.5, 0.6) is 0 Å². The van der Waals surface area contributed by atoms with Crippen LogP contribution in [0.3, 0.4) is 0 Å². The van der Waals surface area contributed by atoms with Crippen LogP contribution in [0.4, 0.5) is 0 Å². The number of nitriles is 1. The van der Waals surface area contributed by atoms with Gasteiger partial charge in [-0.25, -0.2) is 0 Å². The molecule has 25 heavy (non-hydrogen) atoms. The van der Waals surface area contributed by atoms with Gasteiger partial charge in [0.1, 0.15) is 12.5 Å². The number of nitrogens with one attached hydrogen (secondary N) is 2. The number of carbonyl (C=O) groups is 2. The lowest BCUT2D eigenvalue weighted by atomic mass is 9.82. The molecule has 134 valence electrons. The summed E-state index contributed by atoms with van der Waals surface area (Å²) in [7, 11) is 0. The third kappa shape index (κ3) is 6.58. The summed E-state index contributed by atoms with van der Waals surface area (Å²) in [5.41, 5.74) is 1.15. The van der Waals surface area contributed by atoms with Crippen molar-refractivity contribution in [3.05, 3.63) is 35.9 Å². The van der Waals surface area contributed by atoms with E-state index in [1.54, 1.807) is 0 Å². The van der Waals surface area contributed by atoms with Crippen molar-refractivity contribution in [2.24, 2.45) is 11.8 Å². The van der Waals surface area contributed by atoms with Gasteiger partial charge in [0.15, 0.2) is 0 Å². The van der Waals surface area contributed by atoms with Crippen LogP contribution in [0, 0.1) is 23.2 Å². The summed E-state index contributed by atoms with van der Waals surface area (Å²) in [6, 6.07) is 11.8. The summed E-state index contributed by atoms with van der Waals surface area (Å²) < 4.78 is 0. The minimum Gasteiger partial charge on any atom is -0.355 e. The molecule has 0 aromatic heterocycles. The summed E-state index contributed by atoms with van der Waals surface area (Å²) in [5.74, 6) is -0.833. The average molecular weight is 341 g/mol. The first-order valence-corrected chi connectivity index (χ1v) is 9.17. The Morgan fingerprint density at radius 2 is 1.76 bits per heavy atom. The fourth-order valence-electron chi connectivity index (χ4n) is 3.44. The summed E-state index contributed by atoms with van der Waals surface area (Å²) >= 11 is 0. The Morgan fingerprint density at radius 3 is 2.44 bits per heavy atom. The maximum Gasteiger partial charge on any atom is 0.233 e. The van der Waals surface area contributed by atoms with E-state index in [-0.39, 0.29) is 18.4 Å². The van der Waals surface area contributed by atoms with Crippen molar-refractivity contribution < 1.29 is 9.59 Å². The summed E-state index contributed by atoms with van der Waals surface area (Å²) in [5, 5.41) is 14.1. The lowest BCUT2D eigenvalue weighted by Crippen LogP contribution is -2.43. The molecular formula is C20H27N3O2. The quantitative estimate of drug-likeness (QED) is 0.563. The SMILES string of the molecule is N#CCNC(=O)C(CC1CCCCC1)C(=O)NCCc1ccccc1. The highest BCUT2D eigenvalue weighted by atomic mass is 16.2. The van der Waals surface area contributed by atoms with Gasteiger partial charge in [-0.1, -0.05) is 62.4 Å². The fraction of sp³-hybridized carbons (Fsp3) is 0.550. The van der Waals surface area contributed by atoms with Gasteiger partial charge in [-0.3, -0.25) is 9.59 Å². The second-order valence-corrected chi connectivity index (χ2v) is 6.69. The molecule has 1 aliphatic rings. The summed E-state index contributed by atoms with van der Waals surface area (Å²) in [4.78, 5) is 24.9. The second-order valence-electron chi connectivity index (χ2n) is 6.69. The number of rotatable bonds is 8. The number of hydrogen-bond donors (Lipinski definition) is 2. The predicted octanol–water partition coefficient (Wildman–Crippen LogP) is 2.57. The van der Waals surface area contributed by atoms with Crippen LogP contribution in [-0.4, -0.2) is 24.9 Å². The Bertz CT molecular complexity index is 589. The van der Waals surface area contributed by atoms with E-state index in [0.29, 0.717) is 18.9 Å². The topological polar surface area (TPSA) is 82.0 Å². The Morgan fingerprint density at radius 1 is 1.08 bits per heavy atom. The van der Waals surface area contributed by atoms with Gasteiger partial charge in [-0.2, -0.15) is 5.26 Å². The fourth-order valence-corrected chi connectivity index (χ4v) is 3.44. The molecule has 1 atom stereocenters. The van der Waals surface area contributed by atoms with E-state index in [4.69, 9.17) is 5.26 Å². The normalized spacial score (nSPS) is 15.8. The number of nitrogens with zero attached hydrogens (tertiary/aromatic N) is 1. The van der Waals surface area contributed by atoms with Gasteiger partial charge in [-0.05, 0) is 24.3 Å². The van der Waals surface area contributed by atoms with Crippen molar-refractivity contribution >= 4 is 11.8 Å². The Kier molecular flexibility index (Phi) is 7.97. The van der Waals surface area contributed by atoms with E-state index in [9.17, 15) is 9.59 Å². The first-order chi connectivity index (χ1) is 12.2. The highest BCUT2D eigenvalue weighted by Gasteiger charge is 2.29. The van der Waals surface area contributed by atoms with E-state index >= 15 is 0 Å². The number of amides is 2. The van der Waals surface area contributed by atoms with Crippen LogP contribution in [0.15, 0.2) is 30.3 Å². The second kappa shape index (κ2) is 10.5. The molecule has 0 radical (unpaired) electrons. The van der Waals surface area contributed by atoms with Crippen LogP contribution in [0.1, 0.15) is 44.1 Å². The summed E-state index contributed by atoms with van der Waals surface area (Å²) in [6.07, 6.45) is 7.07. The Balaban J connectivity index is 1.89. The van der Waals surface area contributed by atoms with Crippen molar-refractivity contribution in [2.75, 3.05) is 13.1 Å². The molecule has 0 heterocycles. The molecule has 2 N–H and O–H groups in total. The smallest absolute Gasteiger partial charge is 0.233 e. The van der Waals surface area contributed by atoms with Crippen LogP contribution in [0.25, 0.3) is 0 Å². The lowest BCUT2D eigenvalue weighted by molar-refractivity contribution is -0.136. The third-order valence-corrected chi connectivity index (χ3v) is 4.82. The highest BCUT2D eigenvalue weighted by molar-refractivity contribution is 6.00. The van der Waals surface area contributed by atoms with Crippen LogP contribution < -0.4 is 10.6 Å². The van der Waals surface area contributed by atoms with Gasteiger partial charge in [0.2, 0.25) is 11.8 Å². The molecule has 1 unspecified atom stereocenters. The number of hydrogen-bond acceptors (Lipinski definition) is 3. The molecule has 1 saturated carbocycles. The molecule has 1 aromatic carbocycles. The zero-order chi connectivity index (χ0) is 17.9. The zero-order valence-electron chi connectivity index (χ0n) is 14.7. The molecule has 1 aliphatic carbocycles. The first-order valence-electron chi connectivity index (χ1n) is 9.17. The average Bonchev–Trinajstić information content (AvgIpc) is 2.65. The first kappa shape index (κ1) is 19.0. The molecule has 0 bridgehead atoms. The predicted molar refractivity (Wildman–Crippen MR) is 96.5 cm³/mol. The van der Waals surface area contributed by atoms with Gasteiger partial charge < -0.3 is 10.6 Å². The molecule has 1 aromatic rings. The van der Waals surface area contributed by atoms with Crippen LogP contribution >= 0.6 is 0 Å². The van der Waals surface area contributed by atoms with Crippen molar-refractivity contribution in [3.8, 4) is 6.07 Å². The van der Waals surface area contributed by atoms with Crippen molar-refractivity contribution in [3.63, 3.8) is 0 Å². The largest absolute Gasteiger partial charge is 0.355 e. The lowest BCUT2D eigenvalue weighted by Gasteiger charge is -2.25.